The predicted octanol–water partition coefficient (Wildman–Crippen LogP) is 2.64. The van der Waals surface area contributed by atoms with Gasteiger partial charge in [-0.3, -0.25) is 0 Å². The first-order valence-corrected chi connectivity index (χ1v) is 7.57. The molecule has 1 aromatic rings. The molecule has 0 aromatic heterocycles. The molecule has 9 heteroatoms. The van der Waals surface area contributed by atoms with Gasteiger partial charge in [0.2, 0.25) is 10.0 Å². The first-order valence-electron chi connectivity index (χ1n) is 5.75. The Hall–Kier alpha value is -0.990. The molecule has 0 atom stereocenters. The largest absolute Gasteiger partial charge is 0.402 e. The van der Waals surface area contributed by atoms with Crippen molar-refractivity contribution < 1.29 is 21.6 Å². The van der Waals surface area contributed by atoms with Gasteiger partial charge in [0.25, 0.3) is 0 Å². The molecule has 112 valence electrons. The molecule has 0 radical (unpaired) electrons. The van der Waals surface area contributed by atoms with Crippen molar-refractivity contribution in [2.45, 2.75) is 30.0 Å². The first kappa shape index (κ1) is 15.4. The van der Waals surface area contributed by atoms with Crippen LogP contribution in [0.15, 0.2) is 23.1 Å². The lowest BCUT2D eigenvalue weighted by Gasteiger charge is -2.23. The van der Waals surface area contributed by atoms with Gasteiger partial charge in [0.05, 0.1) is 5.02 Å². The van der Waals surface area contributed by atoms with Gasteiger partial charge in [-0.2, -0.15) is 17.5 Å². The van der Waals surface area contributed by atoms with E-state index in [0.29, 0.717) is 17.1 Å². The molecule has 0 saturated heterocycles. The molecule has 1 aliphatic carbocycles. The second-order valence-electron chi connectivity index (χ2n) is 4.59. The van der Waals surface area contributed by atoms with Gasteiger partial charge < -0.3 is 5.73 Å². The van der Waals surface area contributed by atoms with E-state index < -0.39 is 33.7 Å². The van der Waals surface area contributed by atoms with Crippen molar-refractivity contribution in [3.63, 3.8) is 0 Å². The van der Waals surface area contributed by atoms with Crippen LogP contribution >= 0.6 is 11.6 Å². The number of rotatable bonds is 4. The Labute approximate surface area is 119 Å². The maximum atomic E-state index is 12.6. The second-order valence-corrected chi connectivity index (χ2v) is 6.85. The highest BCUT2D eigenvalue weighted by Gasteiger charge is 2.45. The van der Waals surface area contributed by atoms with Crippen molar-refractivity contribution in [2.75, 3.05) is 12.3 Å². The van der Waals surface area contributed by atoms with Crippen molar-refractivity contribution in [3.8, 4) is 0 Å². The molecule has 0 heterocycles. The number of hydrogen-bond acceptors (Lipinski definition) is 3. The number of nitrogen functional groups attached to an aromatic ring is 1. The zero-order valence-corrected chi connectivity index (χ0v) is 11.8. The quantitative estimate of drug-likeness (QED) is 0.864. The molecule has 1 aromatic carbocycles. The van der Waals surface area contributed by atoms with Crippen LogP contribution < -0.4 is 5.73 Å². The van der Waals surface area contributed by atoms with Gasteiger partial charge >= 0.3 is 6.18 Å². The minimum absolute atomic E-state index is 0.121. The first-order chi connectivity index (χ1) is 9.11. The van der Waals surface area contributed by atoms with Crippen LogP contribution in [0.5, 0.6) is 0 Å². The molecule has 2 N–H and O–H groups in total. The van der Waals surface area contributed by atoms with Crippen molar-refractivity contribution in [2.24, 2.45) is 0 Å². The molecule has 0 spiro atoms. The van der Waals surface area contributed by atoms with Crippen LogP contribution in [-0.4, -0.2) is 31.5 Å². The number of benzene rings is 1. The smallest absolute Gasteiger partial charge is 0.399 e. The highest BCUT2D eigenvalue weighted by molar-refractivity contribution is 7.89. The Morgan fingerprint density at radius 1 is 1.35 bits per heavy atom. The molecule has 0 amide bonds. The van der Waals surface area contributed by atoms with E-state index in [4.69, 9.17) is 17.3 Å². The van der Waals surface area contributed by atoms with Crippen LogP contribution in [0.1, 0.15) is 12.8 Å². The molecule has 1 aliphatic rings. The third-order valence-corrected chi connectivity index (χ3v) is 5.21. The molecule has 2 rings (SSSR count). The molecular weight excluding hydrogens is 317 g/mol. The van der Waals surface area contributed by atoms with E-state index in [1.807, 2.05) is 0 Å². The SMILES string of the molecule is Nc1ccc(Cl)c(S(=O)(=O)N(CC(F)(F)F)C2CC2)c1. The van der Waals surface area contributed by atoms with Gasteiger partial charge in [0.15, 0.2) is 0 Å². The molecule has 0 aliphatic heterocycles. The summed E-state index contributed by atoms with van der Waals surface area (Å²) in [4.78, 5) is -0.393. The van der Waals surface area contributed by atoms with Gasteiger partial charge in [0, 0.05) is 11.7 Å². The molecule has 0 bridgehead atoms. The summed E-state index contributed by atoms with van der Waals surface area (Å²) in [6.07, 6.45) is -3.78. The van der Waals surface area contributed by atoms with E-state index in [1.165, 1.54) is 12.1 Å². The normalized spacial score (nSPS) is 16.6. The summed E-state index contributed by atoms with van der Waals surface area (Å²) in [5.74, 6) is 0. The Morgan fingerprint density at radius 2 is 1.95 bits per heavy atom. The predicted molar refractivity (Wildman–Crippen MR) is 68.8 cm³/mol. The van der Waals surface area contributed by atoms with Crippen molar-refractivity contribution >= 4 is 27.3 Å². The third-order valence-electron chi connectivity index (χ3n) is 2.83. The monoisotopic (exact) mass is 328 g/mol. The summed E-state index contributed by atoms with van der Waals surface area (Å²) in [6.45, 7) is -1.52. The van der Waals surface area contributed by atoms with E-state index in [0.717, 1.165) is 6.07 Å². The summed E-state index contributed by atoms with van der Waals surface area (Å²) >= 11 is 5.78. The summed E-state index contributed by atoms with van der Waals surface area (Å²) < 4.78 is 62.8. The summed E-state index contributed by atoms with van der Waals surface area (Å²) in [7, 11) is -4.32. The number of nitrogens with two attached hydrogens (primary N) is 1. The maximum absolute atomic E-state index is 12.6. The fourth-order valence-electron chi connectivity index (χ4n) is 1.79. The topological polar surface area (TPSA) is 63.4 Å². The summed E-state index contributed by atoms with van der Waals surface area (Å²) in [5.41, 5.74) is 5.60. The van der Waals surface area contributed by atoms with E-state index in [1.54, 1.807) is 0 Å². The highest BCUT2D eigenvalue weighted by Crippen LogP contribution is 2.36. The fraction of sp³-hybridized carbons (Fsp3) is 0.455. The maximum Gasteiger partial charge on any atom is 0.402 e. The van der Waals surface area contributed by atoms with Crippen molar-refractivity contribution in [1.82, 2.24) is 4.31 Å². The van der Waals surface area contributed by atoms with Crippen molar-refractivity contribution in [1.29, 1.82) is 0 Å². The second kappa shape index (κ2) is 5.09. The standard InChI is InChI=1S/C11H12ClF3N2O2S/c12-9-4-1-7(16)5-10(9)20(18,19)17(8-2-3-8)6-11(13,14)15/h1,4-5,8H,2-3,6,16H2. The van der Waals surface area contributed by atoms with Gasteiger partial charge in [-0.05, 0) is 31.0 Å². The minimum atomic E-state index is -4.61. The third kappa shape index (κ3) is 3.36. The van der Waals surface area contributed by atoms with Gasteiger partial charge in [-0.15, -0.1) is 0 Å². The van der Waals surface area contributed by atoms with Crippen LogP contribution in [-0.2, 0) is 10.0 Å². The average molecular weight is 329 g/mol. The Balaban J connectivity index is 2.43. The molecular formula is C11H12ClF3N2O2S. The van der Waals surface area contributed by atoms with Crippen molar-refractivity contribution in [3.05, 3.63) is 23.2 Å². The lowest BCUT2D eigenvalue weighted by atomic mass is 10.3. The minimum Gasteiger partial charge on any atom is -0.399 e. The average Bonchev–Trinajstić information content (AvgIpc) is 3.12. The lowest BCUT2D eigenvalue weighted by molar-refractivity contribution is -0.137. The van der Waals surface area contributed by atoms with Gasteiger partial charge in [-0.1, -0.05) is 11.6 Å². The fourth-order valence-corrected chi connectivity index (χ4v) is 3.98. The van der Waals surface area contributed by atoms with Gasteiger partial charge in [-0.25, -0.2) is 8.42 Å². The van der Waals surface area contributed by atoms with Crippen LogP contribution in [0.2, 0.25) is 5.02 Å². The van der Waals surface area contributed by atoms with E-state index in [9.17, 15) is 21.6 Å². The number of halogens is 4. The van der Waals surface area contributed by atoms with E-state index in [2.05, 4.69) is 0 Å². The molecule has 1 fully saturated rings. The lowest BCUT2D eigenvalue weighted by Crippen LogP contribution is -2.40. The van der Waals surface area contributed by atoms with Crippen LogP contribution in [0.3, 0.4) is 0 Å². The number of nitrogens with zero attached hydrogens (tertiary/aromatic N) is 1. The number of alkyl halides is 3. The summed E-state index contributed by atoms with van der Waals surface area (Å²) in [5, 5.41) is -0.146. The van der Waals surface area contributed by atoms with Crippen LogP contribution in [0.4, 0.5) is 18.9 Å². The number of anilines is 1. The Morgan fingerprint density at radius 3 is 2.45 bits per heavy atom. The van der Waals surface area contributed by atoms with E-state index in [-0.39, 0.29) is 10.7 Å². The molecule has 4 nitrogen and oxygen atoms in total. The number of hydrogen-bond donors (Lipinski definition) is 1. The highest BCUT2D eigenvalue weighted by atomic mass is 35.5. The molecule has 1 saturated carbocycles. The van der Waals surface area contributed by atoms with E-state index >= 15 is 0 Å². The van der Waals surface area contributed by atoms with Crippen LogP contribution in [0.25, 0.3) is 0 Å². The molecule has 0 unspecified atom stereocenters. The Kier molecular flexibility index (Phi) is 3.92. The molecule has 20 heavy (non-hydrogen) atoms. The zero-order valence-electron chi connectivity index (χ0n) is 10.2. The zero-order chi connectivity index (χ0) is 15.1. The summed E-state index contributed by atoms with van der Waals surface area (Å²) in [6, 6.07) is 3.08. The number of sulfonamides is 1. The Bertz CT molecular complexity index is 615. The van der Waals surface area contributed by atoms with Crippen LogP contribution in [0, 0.1) is 0 Å². The van der Waals surface area contributed by atoms with Gasteiger partial charge in [0.1, 0.15) is 11.4 Å².